The molecular formula is C9H23NO. The molecule has 2 heteroatoms. The lowest BCUT2D eigenvalue weighted by Crippen LogP contribution is -2.36. The second kappa shape index (κ2) is 8.02. The predicted octanol–water partition coefficient (Wildman–Crippen LogP) is 1.73. The monoisotopic (exact) mass is 161 g/mol. The minimum atomic E-state index is -0.227. The lowest BCUT2D eigenvalue weighted by Gasteiger charge is -2.25. The molecule has 0 bridgehead atoms. The van der Waals surface area contributed by atoms with E-state index in [1.165, 1.54) is 0 Å². The van der Waals surface area contributed by atoms with Gasteiger partial charge in [0.1, 0.15) is 0 Å². The number of hydrogen-bond acceptors (Lipinski definition) is 2. The largest absolute Gasteiger partial charge is 0.392 e. The van der Waals surface area contributed by atoms with Gasteiger partial charge in [0.05, 0.1) is 6.10 Å². The van der Waals surface area contributed by atoms with Gasteiger partial charge in [0.25, 0.3) is 0 Å². The quantitative estimate of drug-likeness (QED) is 0.681. The van der Waals surface area contributed by atoms with Crippen LogP contribution in [0.4, 0.5) is 0 Å². The van der Waals surface area contributed by atoms with Crippen molar-refractivity contribution in [1.29, 1.82) is 0 Å². The summed E-state index contributed by atoms with van der Waals surface area (Å²) in [6.07, 6.45) is -0.227. The van der Waals surface area contributed by atoms with Crippen LogP contribution < -0.4 is 0 Å². The summed E-state index contributed by atoms with van der Waals surface area (Å²) in [5.74, 6) is 0. The number of aliphatic hydroxyl groups is 1. The van der Waals surface area contributed by atoms with Gasteiger partial charge in [-0.05, 0) is 27.4 Å². The van der Waals surface area contributed by atoms with Gasteiger partial charge in [-0.1, -0.05) is 20.8 Å². The van der Waals surface area contributed by atoms with Gasteiger partial charge >= 0.3 is 0 Å². The third-order valence-electron chi connectivity index (χ3n) is 1.89. The molecule has 1 N–H and O–H groups in total. The van der Waals surface area contributed by atoms with Crippen molar-refractivity contribution in [3.8, 4) is 0 Å². The van der Waals surface area contributed by atoms with Crippen LogP contribution in [0.25, 0.3) is 0 Å². The minimum Gasteiger partial charge on any atom is -0.392 e. The summed E-state index contributed by atoms with van der Waals surface area (Å²) >= 11 is 0. The van der Waals surface area contributed by atoms with Crippen LogP contribution >= 0.6 is 0 Å². The Balaban J connectivity index is 0. The maximum Gasteiger partial charge on any atom is 0.0664 e. The molecular weight excluding hydrogens is 138 g/mol. The van der Waals surface area contributed by atoms with Crippen molar-refractivity contribution in [2.75, 3.05) is 13.6 Å². The first-order chi connectivity index (χ1) is 5.09. The summed E-state index contributed by atoms with van der Waals surface area (Å²) in [5.41, 5.74) is 0. The van der Waals surface area contributed by atoms with E-state index in [4.69, 9.17) is 5.11 Å². The maximum atomic E-state index is 9.08. The summed E-state index contributed by atoms with van der Waals surface area (Å²) in [6, 6.07) is 0.273. The van der Waals surface area contributed by atoms with Crippen molar-refractivity contribution in [2.24, 2.45) is 0 Å². The van der Waals surface area contributed by atoms with Crippen LogP contribution in [0.15, 0.2) is 0 Å². The van der Waals surface area contributed by atoms with Crippen molar-refractivity contribution in [2.45, 2.75) is 46.8 Å². The summed E-state index contributed by atoms with van der Waals surface area (Å²) in [6.45, 7) is 10.9. The molecule has 0 amide bonds. The van der Waals surface area contributed by atoms with Crippen molar-refractivity contribution in [3.05, 3.63) is 0 Å². The lowest BCUT2D eigenvalue weighted by molar-refractivity contribution is 0.0898. The lowest BCUT2D eigenvalue weighted by atomic mass is 10.2. The zero-order valence-corrected chi connectivity index (χ0v) is 8.76. The molecule has 0 aromatic carbocycles. The molecule has 70 valence electrons. The third kappa shape index (κ3) is 6.32. The van der Waals surface area contributed by atoms with Crippen molar-refractivity contribution < 1.29 is 5.11 Å². The van der Waals surface area contributed by atoms with E-state index in [0.717, 1.165) is 6.54 Å². The maximum absolute atomic E-state index is 9.08. The van der Waals surface area contributed by atoms with E-state index >= 15 is 0 Å². The van der Waals surface area contributed by atoms with Gasteiger partial charge in [-0.3, -0.25) is 0 Å². The Bertz CT molecular complexity index is 74.0. The zero-order valence-electron chi connectivity index (χ0n) is 8.76. The van der Waals surface area contributed by atoms with Gasteiger partial charge in [0.15, 0.2) is 0 Å². The van der Waals surface area contributed by atoms with Crippen LogP contribution in [0.2, 0.25) is 0 Å². The van der Waals surface area contributed by atoms with Crippen LogP contribution in [0, 0.1) is 0 Å². The molecule has 0 radical (unpaired) electrons. The Hall–Kier alpha value is -0.0800. The minimum absolute atomic E-state index is 0.227. The van der Waals surface area contributed by atoms with Crippen molar-refractivity contribution >= 4 is 0 Å². The smallest absolute Gasteiger partial charge is 0.0664 e. The molecule has 0 aliphatic carbocycles. The van der Waals surface area contributed by atoms with Gasteiger partial charge in [0, 0.05) is 6.04 Å². The molecule has 0 saturated carbocycles. The standard InChI is InChI=1S/C7H17NO.C2H6/c1-5-8(4)6(2)7(3)9;1-2/h6-7,9H,5H2,1-4H3;1-2H3. The fourth-order valence-electron chi connectivity index (χ4n) is 0.656. The Morgan fingerprint density at radius 3 is 1.73 bits per heavy atom. The first-order valence-corrected chi connectivity index (χ1v) is 4.47. The molecule has 0 aromatic heterocycles. The van der Waals surface area contributed by atoms with Crippen LogP contribution in [0.1, 0.15) is 34.6 Å². The molecule has 0 heterocycles. The van der Waals surface area contributed by atoms with Crippen molar-refractivity contribution in [1.82, 2.24) is 4.90 Å². The number of likely N-dealkylation sites (N-methyl/N-ethyl adjacent to an activating group) is 1. The van der Waals surface area contributed by atoms with Gasteiger partial charge < -0.3 is 10.0 Å². The second-order valence-electron chi connectivity index (χ2n) is 2.55. The van der Waals surface area contributed by atoms with Crippen molar-refractivity contribution in [3.63, 3.8) is 0 Å². The number of hydrogen-bond donors (Lipinski definition) is 1. The van der Waals surface area contributed by atoms with Gasteiger partial charge in [-0.25, -0.2) is 0 Å². The molecule has 0 fully saturated rings. The highest BCUT2D eigenvalue weighted by molar-refractivity contribution is 4.66. The topological polar surface area (TPSA) is 23.5 Å². The second-order valence-corrected chi connectivity index (χ2v) is 2.55. The first-order valence-electron chi connectivity index (χ1n) is 4.47. The Morgan fingerprint density at radius 2 is 1.64 bits per heavy atom. The van der Waals surface area contributed by atoms with Crippen LogP contribution in [0.5, 0.6) is 0 Å². The van der Waals surface area contributed by atoms with E-state index in [0.29, 0.717) is 0 Å². The Morgan fingerprint density at radius 1 is 1.27 bits per heavy atom. The molecule has 0 spiro atoms. The SMILES string of the molecule is CC.CCN(C)C(C)C(C)O. The van der Waals surface area contributed by atoms with E-state index in [2.05, 4.69) is 11.8 Å². The number of nitrogens with zero attached hydrogens (tertiary/aromatic N) is 1. The zero-order chi connectivity index (χ0) is 9.44. The fourth-order valence-corrected chi connectivity index (χ4v) is 0.656. The molecule has 0 saturated heterocycles. The van der Waals surface area contributed by atoms with E-state index in [1.54, 1.807) is 0 Å². The molecule has 11 heavy (non-hydrogen) atoms. The molecule has 0 aliphatic rings. The average Bonchev–Trinajstić information content (AvgIpc) is 2.05. The molecule has 2 unspecified atom stereocenters. The highest BCUT2D eigenvalue weighted by Crippen LogP contribution is 1.99. The number of rotatable bonds is 3. The number of aliphatic hydroxyl groups excluding tert-OH is 1. The normalized spacial score (nSPS) is 15.3. The van der Waals surface area contributed by atoms with Crippen LogP contribution in [-0.2, 0) is 0 Å². The van der Waals surface area contributed by atoms with E-state index in [-0.39, 0.29) is 12.1 Å². The Kier molecular flexibility index (Phi) is 9.85. The predicted molar refractivity (Wildman–Crippen MR) is 50.8 cm³/mol. The van der Waals surface area contributed by atoms with Crippen LogP contribution in [-0.4, -0.2) is 35.7 Å². The molecule has 2 atom stereocenters. The summed E-state index contributed by atoms with van der Waals surface area (Å²) in [5, 5.41) is 9.08. The average molecular weight is 161 g/mol. The molecule has 2 nitrogen and oxygen atoms in total. The highest BCUT2D eigenvalue weighted by Gasteiger charge is 2.11. The summed E-state index contributed by atoms with van der Waals surface area (Å²) in [4.78, 5) is 2.12. The van der Waals surface area contributed by atoms with Gasteiger partial charge in [0.2, 0.25) is 0 Å². The van der Waals surface area contributed by atoms with E-state index < -0.39 is 0 Å². The summed E-state index contributed by atoms with van der Waals surface area (Å²) in [7, 11) is 2.01. The molecule has 0 rings (SSSR count). The molecule has 0 aromatic rings. The van der Waals surface area contributed by atoms with Gasteiger partial charge in [-0.2, -0.15) is 0 Å². The van der Waals surface area contributed by atoms with E-state index in [9.17, 15) is 0 Å². The molecule has 0 aliphatic heterocycles. The highest BCUT2D eigenvalue weighted by atomic mass is 16.3. The van der Waals surface area contributed by atoms with Crippen LogP contribution in [0.3, 0.4) is 0 Å². The first kappa shape index (κ1) is 13.5. The van der Waals surface area contributed by atoms with Gasteiger partial charge in [-0.15, -0.1) is 0 Å². The Labute approximate surface area is 71.2 Å². The fraction of sp³-hybridized carbons (Fsp3) is 1.00. The van der Waals surface area contributed by atoms with E-state index in [1.807, 2.05) is 34.7 Å². The third-order valence-corrected chi connectivity index (χ3v) is 1.89. The summed E-state index contributed by atoms with van der Waals surface area (Å²) < 4.78 is 0.